The van der Waals surface area contributed by atoms with Crippen LogP contribution in [-0.2, 0) is 32.9 Å². The molecule has 275 valence electrons. The van der Waals surface area contributed by atoms with Gasteiger partial charge >= 0.3 is 126 Å². The van der Waals surface area contributed by atoms with Crippen LogP contribution < -0.4 is 4.40 Å². The molecule has 4 nitrogen and oxygen atoms in total. The van der Waals surface area contributed by atoms with Crippen molar-refractivity contribution < 1.29 is 24.5 Å². The van der Waals surface area contributed by atoms with Gasteiger partial charge in [0.15, 0.2) is 0 Å². The molecule has 0 aliphatic carbocycles. The van der Waals surface area contributed by atoms with E-state index in [9.17, 15) is 0 Å². The molecule has 0 bridgehead atoms. The van der Waals surface area contributed by atoms with E-state index in [-0.39, 0.29) is 20.1 Å². The Kier molecular flexibility index (Phi) is 13.0. The molecule has 53 heavy (non-hydrogen) atoms. The SMILES string of the molecule is CC(C)Cc1cc(-c2[c-]cccc2)nc[c]1[Ge]([CH3])([CH3])[CH3].Cc1cccc(C)c1-c1cc(C)c2c(n1)oc1c(-c3cc(CC(C)C)ccn3)[c-]ccc12.[Ir]. The summed E-state index contributed by atoms with van der Waals surface area (Å²) in [5.41, 5.74) is 13.9. The summed E-state index contributed by atoms with van der Waals surface area (Å²) in [6, 6.07) is 33.8. The van der Waals surface area contributed by atoms with Crippen LogP contribution in [0.2, 0.25) is 17.3 Å². The molecule has 7 aromatic rings. The normalized spacial score (nSPS) is 11.5. The van der Waals surface area contributed by atoms with Gasteiger partial charge in [-0.1, -0.05) is 54.6 Å². The van der Waals surface area contributed by atoms with E-state index in [2.05, 4.69) is 144 Å². The van der Waals surface area contributed by atoms with Gasteiger partial charge in [0, 0.05) is 37.3 Å². The van der Waals surface area contributed by atoms with Crippen LogP contribution in [0.4, 0.5) is 0 Å². The molecule has 4 aromatic heterocycles. The van der Waals surface area contributed by atoms with E-state index in [0.717, 1.165) is 63.0 Å². The van der Waals surface area contributed by atoms with Gasteiger partial charge in [0.2, 0.25) is 5.71 Å². The number of hydrogen-bond acceptors (Lipinski definition) is 4. The standard InChI is InChI=1S/C29H27N2O.C18H24GeN.Ir/c1-17(2)14-21-12-13-30-24(16-21)22-10-7-11-23-27-20(5)15-25(31-29(27)32-28(22)23)26-18(3)8-6-9-19(26)4;1-14(2)11-16-12-18(15-9-7-6-8-10-15)20-13-17(16)19(3,4)5;/h6-9,11-13,15-17H,14H2,1-5H3;6-9,12-14H,11H2,1-5H3;/q2*-1;. The van der Waals surface area contributed by atoms with Gasteiger partial charge in [-0.2, -0.15) is 0 Å². The van der Waals surface area contributed by atoms with Crippen LogP contribution in [0, 0.1) is 44.7 Å². The Morgan fingerprint density at radius 2 is 1.45 bits per heavy atom. The maximum atomic E-state index is 6.40. The molecule has 0 fully saturated rings. The van der Waals surface area contributed by atoms with Crippen LogP contribution in [0.1, 0.15) is 55.5 Å². The van der Waals surface area contributed by atoms with Crippen LogP contribution in [-0.4, -0.2) is 28.2 Å². The third kappa shape index (κ3) is 9.26. The van der Waals surface area contributed by atoms with Crippen molar-refractivity contribution in [2.45, 2.75) is 78.6 Å². The first-order valence-electron chi connectivity index (χ1n) is 18.5. The third-order valence-electron chi connectivity index (χ3n) is 9.47. The van der Waals surface area contributed by atoms with Crippen LogP contribution in [0.25, 0.3) is 55.8 Å². The smallest absolute Gasteiger partial charge is 0.216 e. The summed E-state index contributed by atoms with van der Waals surface area (Å²) < 4.78 is 7.94. The molecular weight excluding hydrogens is 887 g/mol. The van der Waals surface area contributed by atoms with E-state index < -0.39 is 13.3 Å². The maximum Gasteiger partial charge on any atom is 0.216 e. The summed E-state index contributed by atoms with van der Waals surface area (Å²) in [4.78, 5) is 14.3. The summed E-state index contributed by atoms with van der Waals surface area (Å²) in [6.07, 6.45) is 6.17. The van der Waals surface area contributed by atoms with Crippen LogP contribution in [0.5, 0.6) is 0 Å². The topological polar surface area (TPSA) is 51.8 Å². The Labute approximate surface area is 332 Å². The molecular formula is C47H51GeIrN3O-2. The molecule has 0 N–H and O–H groups in total. The second-order valence-electron chi connectivity index (χ2n) is 16.0. The van der Waals surface area contributed by atoms with Gasteiger partial charge in [-0.15, -0.1) is 18.2 Å². The number of nitrogens with zero attached hydrogens (tertiary/aromatic N) is 3. The van der Waals surface area contributed by atoms with Crippen molar-refractivity contribution in [2.24, 2.45) is 11.8 Å². The molecule has 0 aliphatic rings. The molecule has 0 aliphatic heterocycles. The Balaban J connectivity index is 0.000000223. The van der Waals surface area contributed by atoms with Crippen LogP contribution in [0.3, 0.4) is 0 Å². The van der Waals surface area contributed by atoms with Crippen molar-refractivity contribution in [3.63, 3.8) is 0 Å². The average Bonchev–Trinajstić information content (AvgIpc) is 3.47. The number of aryl methyl sites for hydroxylation is 3. The van der Waals surface area contributed by atoms with Crippen molar-refractivity contribution in [2.75, 3.05) is 0 Å². The number of fused-ring (bicyclic) bond motifs is 3. The summed E-state index contributed by atoms with van der Waals surface area (Å²) in [6.45, 7) is 15.4. The molecule has 0 spiro atoms. The molecule has 0 saturated heterocycles. The Bertz CT molecular complexity index is 2320. The van der Waals surface area contributed by atoms with Crippen LogP contribution in [0.15, 0.2) is 95.7 Å². The minimum absolute atomic E-state index is 0. The van der Waals surface area contributed by atoms with E-state index in [1.165, 1.54) is 27.8 Å². The molecule has 1 radical (unpaired) electrons. The summed E-state index contributed by atoms with van der Waals surface area (Å²) in [5, 5.41) is 2.12. The van der Waals surface area contributed by atoms with E-state index in [1.807, 2.05) is 30.5 Å². The Morgan fingerprint density at radius 3 is 2.11 bits per heavy atom. The van der Waals surface area contributed by atoms with Gasteiger partial charge in [-0.25, -0.2) is 4.98 Å². The largest absolute Gasteiger partial charge is 0.486 e. The van der Waals surface area contributed by atoms with E-state index in [1.54, 1.807) is 4.40 Å². The first kappa shape index (κ1) is 40.3. The quantitative estimate of drug-likeness (QED) is 0.113. The summed E-state index contributed by atoms with van der Waals surface area (Å²) in [5.74, 6) is 8.58. The molecule has 0 atom stereocenters. The first-order valence-corrected chi connectivity index (χ1v) is 25.9. The molecule has 3 aromatic carbocycles. The van der Waals surface area contributed by atoms with Crippen molar-refractivity contribution in [3.05, 3.63) is 131 Å². The maximum absolute atomic E-state index is 6.40. The van der Waals surface area contributed by atoms with Gasteiger partial charge in [0.25, 0.3) is 0 Å². The van der Waals surface area contributed by atoms with Gasteiger partial charge in [0.1, 0.15) is 0 Å². The fourth-order valence-electron chi connectivity index (χ4n) is 7.16. The zero-order valence-electron chi connectivity index (χ0n) is 32.8. The number of benzene rings is 3. The predicted octanol–water partition coefficient (Wildman–Crippen LogP) is 11.9. The summed E-state index contributed by atoms with van der Waals surface area (Å²) >= 11 is -1.86. The summed E-state index contributed by atoms with van der Waals surface area (Å²) in [7, 11) is 0. The fraction of sp³-hybridized carbons (Fsp3) is 0.298. The van der Waals surface area contributed by atoms with Crippen molar-refractivity contribution in [3.8, 4) is 33.8 Å². The van der Waals surface area contributed by atoms with E-state index in [4.69, 9.17) is 14.4 Å². The monoisotopic (exact) mass is 940 g/mol. The van der Waals surface area contributed by atoms with Crippen molar-refractivity contribution in [1.82, 2.24) is 15.0 Å². The number of rotatable bonds is 8. The molecule has 0 amide bonds. The molecule has 6 heteroatoms. The minimum Gasteiger partial charge on any atom is -0.486 e. The molecule has 0 unspecified atom stereocenters. The second-order valence-corrected chi connectivity index (χ2v) is 26.5. The average molecular weight is 939 g/mol. The number of pyridine rings is 3. The molecule has 7 rings (SSSR count). The third-order valence-corrected chi connectivity index (χ3v) is 13.8. The first-order chi connectivity index (χ1) is 24.8. The Hall–Kier alpha value is -3.90. The van der Waals surface area contributed by atoms with Crippen molar-refractivity contribution >= 4 is 39.7 Å². The van der Waals surface area contributed by atoms with Crippen molar-refractivity contribution in [1.29, 1.82) is 0 Å². The Morgan fingerprint density at radius 1 is 0.717 bits per heavy atom. The second kappa shape index (κ2) is 17.1. The zero-order valence-corrected chi connectivity index (χ0v) is 37.3. The molecule has 0 saturated carbocycles. The van der Waals surface area contributed by atoms with Gasteiger partial charge in [-0.3, -0.25) is 0 Å². The fourth-order valence-corrected chi connectivity index (χ4v) is 10.5. The van der Waals surface area contributed by atoms with E-state index >= 15 is 0 Å². The van der Waals surface area contributed by atoms with E-state index in [0.29, 0.717) is 17.5 Å². The number of furan rings is 1. The van der Waals surface area contributed by atoms with Gasteiger partial charge in [0.05, 0.1) is 11.3 Å². The molecule has 4 heterocycles. The van der Waals surface area contributed by atoms with Gasteiger partial charge < -0.3 is 9.40 Å². The predicted molar refractivity (Wildman–Crippen MR) is 222 cm³/mol. The van der Waals surface area contributed by atoms with Crippen LogP contribution >= 0.6 is 0 Å². The zero-order chi connectivity index (χ0) is 37.2. The minimum atomic E-state index is -1.86. The van der Waals surface area contributed by atoms with Gasteiger partial charge in [-0.05, 0) is 67.6 Å². The number of hydrogen-bond donors (Lipinski definition) is 0. The number of aromatic nitrogens is 3.